The molecule has 7 nitrogen and oxygen atoms in total. The molecule has 15 rings (SSSR count). The molecule has 0 spiro atoms. The number of nitrogens with zero attached hydrogens (tertiary/aromatic N) is 4. The Balaban J connectivity index is 0.000000147. The zero-order valence-corrected chi connectivity index (χ0v) is 59.9. The second-order valence-electron chi connectivity index (χ2n) is 22.8. The van der Waals surface area contributed by atoms with Crippen LogP contribution >= 0.6 is 55.1 Å². The fourth-order valence-corrected chi connectivity index (χ4v) is 13.0. The Morgan fingerprint density at radius 2 is 0.386 bits per heavy atom. The lowest BCUT2D eigenvalue weighted by atomic mass is 10.1. The van der Waals surface area contributed by atoms with E-state index in [1.807, 2.05) is 164 Å². The van der Waals surface area contributed by atoms with E-state index in [0.717, 1.165) is 111 Å². The number of nitrogens with one attached hydrogen (secondary N) is 2. The number of para-hydroxylation sites is 12. The van der Waals surface area contributed by atoms with Crippen molar-refractivity contribution in [2.24, 2.45) is 0 Å². The Morgan fingerprint density at radius 1 is 0.198 bits per heavy atom. The maximum Gasteiger partial charge on any atom is 0.0503 e. The Kier molecular flexibility index (Phi) is 26.2. The first-order valence-electron chi connectivity index (χ1n) is 32.9. The van der Waals surface area contributed by atoms with Gasteiger partial charge in [0.25, 0.3) is 0 Å². The first-order chi connectivity index (χ1) is 49.7. The highest BCUT2D eigenvalue weighted by Crippen LogP contribution is 2.45. The first kappa shape index (κ1) is 70.7. The van der Waals surface area contributed by atoms with Gasteiger partial charge in [-0.3, -0.25) is 0 Å². The van der Waals surface area contributed by atoms with Crippen LogP contribution in [-0.2, 0) is 0 Å². The van der Waals surface area contributed by atoms with E-state index in [-0.39, 0.29) is 0 Å². The average molecular weight is 1480 g/mol. The summed E-state index contributed by atoms with van der Waals surface area (Å²) in [4.78, 5) is 9.05. The van der Waals surface area contributed by atoms with Crippen molar-refractivity contribution in [1.29, 1.82) is 0 Å². The zero-order chi connectivity index (χ0) is 69.6. The molecule has 0 aliphatic carbocycles. The molecule has 0 saturated heterocycles. The molecule has 0 saturated carbocycles. The zero-order valence-electron chi connectivity index (χ0n) is 55.2. The lowest BCUT2D eigenvalue weighted by molar-refractivity contribution is 1.25. The molecule has 0 atom stereocenters. The van der Waals surface area contributed by atoms with Crippen molar-refractivity contribution in [1.82, 2.24) is 0 Å². The highest BCUT2D eigenvalue weighted by atomic mass is 79.9. The van der Waals surface area contributed by atoms with E-state index < -0.39 is 0 Å². The van der Waals surface area contributed by atoms with E-state index in [2.05, 4.69) is 317 Å². The summed E-state index contributed by atoms with van der Waals surface area (Å²) in [5.41, 5.74) is 23.2. The predicted octanol–water partition coefficient (Wildman–Crippen LogP) is 28.2. The molecule has 101 heavy (non-hydrogen) atoms. The lowest BCUT2D eigenvalue weighted by Gasteiger charge is -2.30. The number of benzene rings is 15. The maximum absolute atomic E-state index is 6.73. The molecule has 0 bridgehead atoms. The third kappa shape index (κ3) is 21.2. The van der Waals surface area contributed by atoms with Gasteiger partial charge in [-0.1, -0.05) is 273 Å². The van der Waals surface area contributed by atoms with Crippen LogP contribution in [-0.4, -0.2) is 0 Å². The Labute approximate surface area is 620 Å². The third-order valence-electron chi connectivity index (χ3n) is 15.4. The van der Waals surface area contributed by atoms with E-state index in [0.29, 0.717) is 5.02 Å². The van der Waals surface area contributed by atoms with Gasteiger partial charge >= 0.3 is 0 Å². The fourth-order valence-electron chi connectivity index (χ4n) is 11.0. The van der Waals surface area contributed by atoms with Gasteiger partial charge in [0.05, 0.1) is 11.4 Å². The summed E-state index contributed by atoms with van der Waals surface area (Å²) in [6.07, 6.45) is 0. The number of anilines is 17. The molecule has 15 aromatic carbocycles. The van der Waals surface area contributed by atoms with Crippen LogP contribution in [0, 0.1) is 0 Å². The lowest BCUT2D eigenvalue weighted by Crippen LogP contribution is -2.13. The van der Waals surface area contributed by atoms with Crippen LogP contribution in [0.4, 0.5) is 96.7 Å². The van der Waals surface area contributed by atoms with E-state index >= 15 is 0 Å². The molecule has 0 aromatic heterocycles. The predicted molar refractivity (Wildman–Crippen MR) is 440 cm³/mol. The molecule has 0 heterocycles. The minimum Gasteiger partial charge on any atom is -0.399 e. The normalized spacial score (nSPS) is 10.2. The van der Waals surface area contributed by atoms with Crippen LogP contribution in [0.2, 0.25) is 10.0 Å². The van der Waals surface area contributed by atoms with Crippen LogP contribution in [0.15, 0.2) is 428 Å². The van der Waals surface area contributed by atoms with Crippen molar-refractivity contribution in [3.05, 3.63) is 438 Å². The molecule has 0 fully saturated rings. The van der Waals surface area contributed by atoms with E-state index in [9.17, 15) is 0 Å². The minimum absolute atomic E-state index is 0.677. The molecule has 0 amide bonds. The van der Waals surface area contributed by atoms with Crippen LogP contribution < -0.4 is 36.0 Å². The van der Waals surface area contributed by atoms with Crippen molar-refractivity contribution in [2.45, 2.75) is 0 Å². The van der Waals surface area contributed by atoms with Crippen LogP contribution in [0.25, 0.3) is 0 Å². The highest BCUT2D eigenvalue weighted by Gasteiger charge is 2.21. The highest BCUT2D eigenvalue weighted by molar-refractivity contribution is 9.11. The first-order valence-corrected chi connectivity index (χ1v) is 35.2. The molecule has 15 aromatic rings. The summed E-state index contributed by atoms with van der Waals surface area (Å²) in [6.45, 7) is 0. The topological polar surface area (TPSA) is 63.0 Å². The van der Waals surface area contributed by atoms with E-state index in [1.54, 1.807) is 0 Å². The van der Waals surface area contributed by atoms with Crippen molar-refractivity contribution in [3.63, 3.8) is 0 Å². The van der Waals surface area contributed by atoms with Crippen molar-refractivity contribution in [2.75, 3.05) is 36.0 Å². The van der Waals surface area contributed by atoms with Crippen LogP contribution in [0.5, 0.6) is 0 Å². The average Bonchev–Trinajstić information content (AvgIpc) is 0.789. The summed E-state index contributed by atoms with van der Waals surface area (Å²) in [6, 6.07) is 142. The van der Waals surface area contributed by atoms with Crippen LogP contribution in [0.3, 0.4) is 0 Å². The maximum atomic E-state index is 6.73. The van der Waals surface area contributed by atoms with E-state index in [1.165, 1.54) is 0 Å². The molecule has 496 valence electrons. The molecule has 11 heteroatoms. The second-order valence-corrected chi connectivity index (χ2v) is 25.5. The van der Waals surface area contributed by atoms with Gasteiger partial charge in [0.1, 0.15) is 0 Å². The van der Waals surface area contributed by atoms with Gasteiger partial charge in [-0.15, -0.1) is 0 Å². The Morgan fingerprint density at radius 3 is 0.594 bits per heavy atom. The van der Waals surface area contributed by atoms with Crippen molar-refractivity contribution in [3.8, 4) is 0 Å². The number of halogens is 4. The van der Waals surface area contributed by atoms with Crippen LogP contribution in [0.1, 0.15) is 0 Å². The molecule has 4 N–H and O–H groups in total. The minimum atomic E-state index is 0.677. The quantitative estimate of drug-likeness (QED) is 0.0833. The SMILES string of the molecule is Clc1cc(Br)cc(Br)c1.Clc1cc(N(c2ccccc2)c2ccccc2)cc(N(c2ccccc2)c2ccccc2)c1.Nc1ccccc1.c1ccc(Nc2cc(N(c3ccccc3)c3ccccc3)cc(N(c3ccccc3)c3ccccc3)c2)cc1.c1ccc(Nc2ccccc2)cc1. The number of hydrogen-bond donors (Lipinski definition) is 3. The summed E-state index contributed by atoms with van der Waals surface area (Å²) in [7, 11) is 0. The molecule has 0 aliphatic heterocycles. The summed E-state index contributed by atoms with van der Waals surface area (Å²) < 4.78 is 1.98. The van der Waals surface area contributed by atoms with Gasteiger partial charge in [0, 0.05) is 104 Å². The molecular weight excluding hydrogens is 1410 g/mol. The molecular formula is C90H73Br2Cl2N7. The standard InChI is InChI=1S/C36H29N3.C30H23ClN2.C12H11N.C6H3Br2Cl.C6H7N/c1-6-16-29(17-7-1)37-30-26-35(38(31-18-8-2-9-19-31)32-20-10-3-11-21-32)28-36(27-30)39(33-22-12-4-13-23-33)34-24-14-5-15-25-34;31-24-21-29(32(25-13-5-1-6-14-25)26-15-7-2-8-16-26)23-30(22-24)33(27-17-9-3-10-18-27)28-19-11-4-12-20-28;1-3-7-11(8-4-1)13-12-9-5-2-6-10-12;7-4-1-5(8)3-6(9)2-4;7-6-4-2-1-3-5-6/h1-28,37H;1-23H;1-10,13H;1-3H;1-5H,7H2. The van der Waals surface area contributed by atoms with Gasteiger partial charge in [0.2, 0.25) is 0 Å². The largest absolute Gasteiger partial charge is 0.399 e. The molecule has 0 unspecified atom stereocenters. The monoisotopic (exact) mass is 1480 g/mol. The number of rotatable bonds is 16. The van der Waals surface area contributed by atoms with Gasteiger partial charge in [0.15, 0.2) is 0 Å². The van der Waals surface area contributed by atoms with Gasteiger partial charge in [-0.05, 0) is 200 Å². The smallest absolute Gasteiger partial charge is 0.0503 e. The summed E-state index contributed by atoms with van der Waals surface area (Å²) >= 11 is 19.0. The van der Waals surface area contributed by atoms with Gasteiger partial charge < -0.3 is 36.0 Å². The molecule has 0 aliphatic rings. The van der Waals surface area contributed by atoms with E-state index in [4.69, 9.17) is 28.9 Å². The Bertz CT molecular complexity index is 4410. The fraction of sp³-hybridized carbons (Fsp3) is 0. The van der Waals surface area contributed by atoms with Gasteiger partial charge in [-0.2, -0.15) is 0 Å². The number of hydrogen-bond acceptors (Lipinski definition) is 7. The summed E-state index contributed by atoms with van der Waals surface area (Å²) in [5.74, 6) is 0. The van der Waals surface area contributed by atoms with Gasteiger partial charge in [-0.25, -0.2) is 0 Å². The van der Waals surface area contributed by atoms with Crippen molar-refractivity contribution >= 4 is 152 Å². The second kappa shape index (κ2) is 37.4. The van der Waals surface area contributed by atoms with Crippen molar-refractivity contribution < 1.29 is 0 Å². The molecule has 0 radical (unpaired) electrons. The third-order valence-corrected chi connectivity index (χ3v) is 16.8. The summed E-state index contributed by atoms with van der Waals surface area (Å²) in [5, 5.41) is 8.36. The Hall–Kier alpha value is -11.6. The number of nitrogens with two attached hydrogens (primary N) is 1. The number of nitrogen functional groups attached to an aromatic ring is 1.